The van der Waals surface area contributed by atoms with Crippen LogP contribution in [0.25, 0.3) is 10.9 Å². The number of hydrogen-bond acceptors (Lipinski definition) is 7. The van der Waals surface area contributed by atoms with Crippen molar-refractivity contribution in [2.75, 3.05) is 11.6 Å². The van der Waals surface area contributed by atoms with Crippen LogP contribution < -0.4 is 10.1 Å². The minimum absolute atomic E-state index is 0.222. The molecule has 8 heteroatoms. The van der Waals surface area contributed by atoms with Gasteiger partial charge in [-0.1, -0.05) is 0 Å². The normalized spacial score (nSPS) is 11.4. The Bertz CT molecular complexity index is 1290. The number of rotatable bonds is 5. The number of benzene rings is 2. The van der Waals surface area contributed by atoms with E-state index in [9.17, 15) is 8.42 Å². The van der Waals surface area contributed by atoms with E-state index in [1.165, 1.54) is 12.6 Å². The third-order valence-electron chi connectivity index (χ3n) is 4.33. The molecule has 2 aromatic carbocycles. The van der Waals surface area contributed by atoms with E-state index in [0.717, 1.165) is 17.0 Å². The average Bonchev–Trinajstić information content (AvgIpc) is 2.70. The van der Waals surface area contributed by atoms with Crippen LogP contribution in [0.4, 0.5) is 11.5 Å². The number of pyridine rings is 1. The number of nitrogens with one attached hydrogen (secondary N) is 1. The Kier molecular flexibility index (Phi) is 4.85. The molecule has 4 aromatic rings. The van der Waals surface area contributed by atoms with Crippen molar-refractivity contribution in [3.63, 3.8) is 0 Å². The summed E-state index contributed by atoms with van der Waals surface area (Å²) in [5.74, 6) is 1.91. The lowest BCUT2D eigenvalue weighted by atomic mass is 10.2. The summed E-state index contributed by atoms with van der Waals surface area (Å²) in [5.41, 5.74) is 2.38. The lowest BCUT2D eigenvalue weighted by molar-refractivity contribution is 0.476. The molecule has 0 radical (unpaired) electrons. The number of sulfone groups is 1. The van der Waals surface area contributed by atoms with Gasteiger partial charge in [0.2, 0.25) is 0 Å². The van der Waals surface area contributed by atoms with Crippen molar-refractivity contribution in [1.29, 1.82) is 0 Å². The quantitative estimate of drug-likeness (QED) is 0.529. The second-order valence-electron chi connectivity index (χ2n) is 6.57. The van der Waals surface area contributed by atoms with Gasteiger partial charge < -0.3 is 10.1 Å². The SMILES string of the molecule is Cc1cc(Nc2ncnc3ccc(S(C)(=O)=O)cc23)ccc1Oc1cccnc1. The molecule has 0 fully saturated rings. The van der Waals surface area contributed by atoms with E-state index in [4.69, 9.17) is 4.74 Å². The van der Waals surface area contributed by atoms with Crippen LogP contribution in [0.1, 0.15) is 5.56 Å². The summed E-state index contributed by atoms with van der Waals surface area (Å²) < 4.78 is 29.7. The summed E-state index contributed by atoms with van der Waals surface area (Å²) >= 11 is 0. The highest BCUT2D eigenvalue weighted by Crippen LogP contribution is 2.30. The molecule has 2 aromatic heterocycles. The molecule has 0 unspecified atom stereocenters. The lowest BCUT2D eigenvalue weighted by Gasteiger charge is -2.12. The standard InChI is InChI=1S/C21H18N4O3S/c1-14-10-15(5-8-20(14)28-16-4-3-9-22-12-16)25-21-18-11-17(29(2,26)27)6-7-19(18)23-13-24-21/h3-13H,1-2H3,(H,23,24,25). The number of hydrogen-bond donors (Lipinski definition) is 1. The first-order chi connectivity index (χ1) is 13.9. The maximum Gasteiger partial charge on any atom is 0.175 e. The number of ether oxygens (including phenoxy) is 1. The minimum Gasteiger partial charge on any atom is -0.455 e. The van der Waals surface area contributed by atoms with Gasteiger partial charge in [-0.15, -0.1) is 0 Å². The summed E-state index contributed by atoms with van der Waals surface area (Å²) in [6.07, 6.45) is 5.96. The van der Waals surface area contributed by atoms with Crippen molar-refractivity contribution in [3.8, 4) is 11.5 Å². The van der Waals surface area contributed by atoms with Gasteiger partial charge in [0.25, 0.3) is 0 Å². The fourth-order valence-corrected chi connectivity index (χ4v) is 3.53. The maximum absolute atomic E-state index is 11.9. The molecule has 0 aliphatic rings. The van der Waals surface area contributed by atoms with Gasteiger partial charge in [0.15, 0.2) is 9.84 Å². The molecule has 0 amide bonds. The Balaban J connectivity index is 1.65. The maximum atomic E-state index is 11.9. The van der Waals surface area contributed by atoms with Crippen molar-refractivity contribution in [1.82, 2.24) is 15.0 Å². The minimum atomic E-state index is -3.33. The smallest absolute Gasteiger partial charge is 0.175 e. The highest BCUT2D eigenvalue weighted by molar-refractivity contribution is 7.90. The molecule has 146 valence electrons. The van der Waals surface area contributed by atoms with E-state index in [0.29, 0.717) is 22.5 Å². The zero-order valence-corrected chi connectivity index (χ0v) is 16.6. The fourth-order valence-electron chi connectivity index (χ4n) is 2.88. The first kappa shape index (κ1) is 18.8. The van der Waals surface area contributed by atoms with Gasteiger partial charge in [0.1, 0.15) is 23.6 Å². The molecular weight excluding hydrogens is 388 g/mol. The summed E-state index contributed by atoms with van der Waals surface area (Å²) in [7, 11) is -3.33. The van der Waals surface area contributed by atoms with Gasteiger partial charge in [0, 0.05) is 23.5 Å². The van der Waals surface area contributed by atoms with Crippen LogP contribution in [0.15, 0.2) is 72.1 Å². The summed E-state index contributed by atoms with van der Waals surface area (Å²) in [6, 6.07) is 14.1. The molecule has 0 atom stereocenters. The zero-order chi connectivity index (χ0) is 20.4. The van der Waals surface area contributed by atoms with Crippen molar-refractivity contribution in [2.24, 2.45) is 0 Å². The molecule has 7 nitrogen and oxygen atoms in total. The third-order valence-corrected chi connectivity index (χ3v) is 5.45. The number of fused-ring (bicyclic) bond motifs is 1. The van der Waals surface area contributed by atoms with Gasteiger partial charge in [-0.05, 0) is 61.0 Å². The van der Waals surface area contributed by atoms with Crippen LogP contribution in [0.5, 0.6) is 11.5 Å². The molecular formula is C21H18N4O3S. The van der Waals surface area contributed by atoms with Gasteiger partial charge in [-0.3, -0.25) is 4.98 Å². The van der Waals surface area contributed by atoms with Gasteiger partial charge in [0.05, 0.1) is 16.6 Å². The molecule has 4 rings (SSSR count). The van der Waals surface area contributed by atoms with Gasteiger partial charge in [-0.2, -0.15) is 0 Å². The number of nitrogens with zero attached hydrogens (tertiary/aromatic N) is 3. The Morgan fingerprint density at radius 3 is 2.62 bits per heavy atom. The molecule has 0 bridgehead atoms. The molecule has 29 heavy (non-hydrogen) atoms. The fraction of sp³-hybridized carbons (Fsp3) is 0.0952. The van der Waals surface area contributed by atoms with Gasteiger partial charge >= 0.3 is 0 Å². The van der Waals surface area contributed by atoms with E-state index >= 15 is 0 Å². The van der Waals surface area contributed by atoms with Crippen LogP contribution in [-0.2, 0) is 9.84 Å². The molecule has 0 spiro atoms. The Labute approximate surface area is 168 Å². The van der Waals surface area contributed by atoms with E-state index in [1.54, 1.807) is 30.6 Å². The van der Waals surface area contributed by atoms with E-state index in [2.05, 4.69) is 20.3 Å². The summed E-state index contributed by atoms with van der Waals surface area (Å²) in [5, 5.41) is 3.87. The number of aryl methyl sites for hydroxylation is 1. The summed E-state index contributed by atoms with van der Waals surface area (Å²) in [4.78, 5) is 12.8. The second kappa shape index (κ2) is 7.48. The van der Waals surface area contributed by atoms with Crippen molar-refractivity contribution >= 4 is 32.2 Å². The predicted molar refractivity (Wildman–Crippen MR) is 111 cm³/mol. The number of aromatic nitrogens is 3. The second-order valence-corrected chi connectivity index (χ2v) is 8.59. The zero-order valence-electron chi connectivity index (χ0n) is 15.8. The molecule has 0 aliphatic carbocycles. The van der Waals surface area contributed by atoms with Gasteiger partial charge in [-0.25, -0.2) is 18.4 Å². The molecule has 0 saturated heterocycles. The largest absolute Gasteiger partial charge is 0.455 e. The Morgan fingerprint density at radius 1 is 1.03 bits per heavy atom. The Morgan fingerprint density at radius 2 is 1.90 bits per heavy atom. The van der Waals surface area contributed by atoms with E-state index < -0.39 is 9.84 Å². The average molecular weight is 406 g/mol. The molecule has 0 aliphatic heterocycles. The lowest BCUT2D eigenvalue weighted by Crippen LogP contribution is -2.00. The highest BCUT2D eigenvalue weighted by Gasteiger charge is 2.12. The van der Waals surface area contributed by atoms with Crippen molar-refractivity contribution in [3.05, 3.63) is 72.8 Å². The first-order valence-electron chi connectivity index (χ1n) is 8.80. The predicted octanol–water partition coefficient (Wildman–Crippen LogP) is 4.27. The van der Waals surface area contributed by atoms with E-state index in [-0.39, 0.29) is 4.90 Å². The van der Waals surface area contributed by atoms with Crippen LogP contribution in [0, 0.1) is 6.92 Å². The third kappa shape index (κ3) is 4.17. The van der Waals surface area contributed by atoms with E-state index in [1.807, 2.05) is 37.3 Å². The van der Waals surface area contributed by atoms with Crippen molar-refractivity contribution < 1.29 is 13.2 Å². The van der Waals surface area contributed by atoms with Crippen LogP contribution in [-0.4, -0.2) is 29.6 Å². The van der Waals surface area contributed by atoms with Crippen LogP contribution in [0.3, 0.4) is 0 Å². The Hall–Kier alpha value is -3.52. The highest BCUT2D eigenvalue weighted by atomic mass is 32.2. The summed E-state index contributed by atoms with van der Waals surface area (Å²) in [6.45, 7) is 1.94. The first-order valence-corrected chi connectivity index (χ1v) is 10.7. The molecule has 1 N–H and O–H groups in total. The molecule has 0 saturated carbocycles. The molecule has 2 heterocycles. The monoisotopic (exact) mass is 406 g/mol. The topological polar surface area (TPSA) is 94.1 Å². The van der Waals surface area contributed by atoms with Crippen molar-refractivity contribution in [2.45, 2.75) is 11.8 Å². The van der Waals surface area contributed by atoms with Crippen LogP contribution >= 0.6 is 0 Å². The number of anilines is 2. The van der Waals surface area contributed by atoms with Crippen LogP contribution in [0.2, 0.25) is 0 Å².